The van der Waals surface area contributed by atoms with E-state index in [4.69, 9.17) is 0 Å². The molecule has 0 saturated carbocycles. The minimum absolute atomic E-state index is 0.607. The molecule has 0 bridgehead atoms. The van der Waals surface area contributed by atoms with E-state index in [-0.39, 0.29) is 0 Å². The predicted octanol–water partition coefficient (Wildman–Crippen LogP) is 1.67. The Labute approximate surface area is 87.8 Å². The molecule has 0 aliphatic rings. The Bertz CT molecular complexity index is 463. The zero-order chi connectivity index (χ0) is 10.1. The normalized spacial score (nSPS) is 11.1. The van der Waals surface area contributed by atoms with Crippen LogP contribution in [-0.2, 0) is 6.42 Å². The topological polar surface area (TPSA) is 43.1 Å². The second-order valence-electron chi connectivity index (χ2n) is 3.26. The van der Waals surface area contributed by atoms with Crippen molar-refractivity contribution in [3.8, 4) is 0 Å². The number of aromatic nitrogens is 4. The van der Waals surface area contributed by atoms with Gasteiger partial charge in [0, 0.05) is 18.2 Å². The van der Waals surface area contributed by atoms with Gasteiger partial charge in [-0.1, -0.05) is 6.92 Å². The van der Waals surface area contributed by atoms with Gasteiger partial charge in [-0.3, -0.25) is 4.40 Å². The molecule has 0 aromatic carbocycles. The number of fused-ring (bicyclic) bond motifs is 1. The summed E-state index contributed by atoms with van der Waals surface area (Å²) in [4.78, 5) is 4.46. The van der Waals surface area contributed by atoms with Crippen molar-refractivity contribution in [2.24, 2.45) is 0 Å². The van der Waals surface area contributed by atoms with E-state index in [9.17, 15) is 0 Å². The lowest BCUT2D eigenvalue weighted by atomic mass is 10.3. The molecule has 0 N–H and O–H groups in total. The Balaban J connectivity index is 2.70. The van der Waals surface area contributed by atoms with Crippen molar-refractivity contribution in [1.29, 1.82) is 0 Å². The molecule has 0 spiro atoms. The van der Waals surface area contributed by atoms with Crippen LogP contribution in [0.15, 0.2) is 11.2 Å². The van der Waals surface area contributed by atoms with Gasteiger partial charge >= 0.3 is 0 Å². The minimum atomic E-state index is 0.607. The summed E-state index contributed by atoms with van der Waals surface area (Å²) < 4.78 is 1.89. The van der Waals surface area contributed by atoms with Gasteiger partial charge in [-0.15, -0.1) is 22.8 Å². The van der Waals surface area contributed by atoms with Crippen LogP contribution < -0.4 is 0 Å². The van der Waals surface area contributed by atoms with Gasteiger partial charge in [-0.05, 0) is 13.3 Å². The molecule has 2 heterocycles. The number of nitrogens with zero attached hydrogens (tertiary/aromatic N) is 4. The molecular formula is C9H12N4S. The summed E-state index contributed by atoms with van der Waals surface area (Å²) in [6, 6.07) is 1.91. The maximum absolute atomic E-state index is 4.46. The maximum Gasteiger partial charge on any atom is 0.193 e. The molecule has 2 aromatic heterocycles. The molecule has 0 unspecified atom stereocenters. The molecule has 74 valence electrons. The van der Waals surface area contributed by atoms with Crippen molar-refractivity contribution < 1.29 is 0 Å². The SMILES string of the molecule is CCCc1nc(C)cc2nnc(S)n12. The molecule has 5 heteroatoms. The number of hydrogen-bond donors (Lipinski definition) is 1. The van der Waals surface area contributed by atoms with Gasteiger partial charge in [0.15, 0.2) is 10.8 Å². The van der Waals surface area contributed by atoms with Gasteiger partial charge in [0.2, 0.25) is 0 Å². The summed E-state index contributed by atoms with van der Waals surface area (Å²) in [7, 11) is 0. The van der Waals surface area contributed by atoms with Gasteiger partial charge < -0.3 is 0 Å². The van der Waals surface area contributed by atoms with Crippen LogP contribution in [0.1, 0.15) is 24.9 Å². The molecular weight excluding hydrogens is 196 g/mol. The molecule has 0 atom stereocenters. The standard InChI is InChI=1S/C9H12N4S/c1-3-4-7-10-6(2)5-8-11-12-9(14)13(7)8/h5H,3-4H2,1-2H3,(H,12,14). The second-order valence-corrected chi connectivity index (χ2v) is 3.66. The van der Waals surface area contributed by atoms with Crippen LogP contribution in [0.25, 0.3) is 5.65 Å². The maximum atomic E-state index is 4.46. The van der Waals surface area contributed by atoms with Crippen LogP contribution in [0.5, 0.6) is 0 Å². The number of thiol groups is 1. The first-order valence-corrected chi connectivity index (χ1v) is 5.07. The summed E-state index contributed by atoms with van der Waals surface area (Å²) in [6.45, 7) is 4.09. The van der Waals surface area contributed by atoms with Crippen LogP contribution >= 0.6 is 12.6 Å². The average molecular weight is 208 g/mol. The zero-order valence-electron chi connectivity index (χ0n) is 8.23. The monoisotopic (exact) mass is 208 g/mol. The van der Waals surface area contributed by atoms with E-state index in [1.54, 1.807) is 0 Å². The summed E-state index contributed by atoms with van der Waals surface area (Å²) >= 11 is 4.25. The van der Waals surface area contributed by atoms with Crippen LogP contribution in [-0.4, -0.2) is 19.6 Å². The highest BCUT2D eigenvalue weighted by Crippen LogP contribution is 2.12. The Kier molecular flexibility index (Phi) is 2.41. The first kappa shape index (κ1) is 9.45. The summed E-state index contributed by atoms with van der Waals surface area (Å²) in [5.74, 6) is 0.984. The average Bonchev–Trinajstić information content (AvgIpc) is 2.48. The lowest BCUT2D eigenvalue weighted by Crippen LogP contribution is -2.02. The third-order valence-corrected chi connectivity index (χ3v) is 2.34. The Morgan fingerprint density at radius 3 is 2.93 bits per heavy atom. The summed E-state index contributed by atoms with van der Waals surface area (Å²) in [5.41, 5.74) is 1.80. The van der Waals surface area contributed by atoms with Gasteiger partial charge in [-0.25, -0.2) is 4.98 Å². The van der Waals surface area contributed by atoms with E-state index >= 15 is 0 Å². The van der Waals surface area contributed by atoms with Crippen LogP contribution in [0.2, 0.25) is 0 Å². The highest BCUT2D eigenvalue weighted by atomic mass is 32.1. The van der Waals surface area contributed by atoms with Crippen molar-refractivity contribution in [3.05, 3.63) is 17.6 Å². The highest BCUT2D eigenvalue weighted by Gasteiger charge is 2.08. The lowest BCUT2D eigenvalue weighted by molar-refractivity contribution is 0.764. The molecule has 0 fully saturated rings. The molecule has 14 heavy (non-hydrogen) atoms. The van der Waals surface area contributed by atoms with Gasteiger partial charge in [0.1, 0.15) is 5.82 Å². The fourth-order valence-corrected chi connectivity index (χ4v) is 1.76. The van der Waals surface area contributed by atoms with E-state index in [0.717, 1.165) is 30.0 Å². The van der Waals surface area contributed by atoms with Crippen LogP contribution in [0.3, 0.4) is 0 Å². The van der Waals surface area contributed by atoms with E-state index in [1.807, 2.05) is 17.4 Å². The van der Waals surface area contributed by atoms with Crippen molar-refractivity contribution in [2.45, 2.75) is 31.8 Å². The second kappa shape index (κ2) is 3.57. The largest absolute Gasteiger partial charge is 0.258 e. The van der Waals surface area contributed by atoms with Gasteiger partial charge in [0.25, 0.3) is 0 Å². The predicted molar refractivity (Wildman–Crippen MR) is 56.8 cm³/mol. The Hall–Kier alpha value is -1.10. The molecule has 4 nitrogen and oxygen atoms in total. The molecule has 0 radical (unpaired) electrons. The van der Waals surface area contributed by atoms with Crippen molar-refractivity contribution in [2.75, 3.05) is 0 Å². The quantitative estimate of drug-likeness (QED) is 0.763. The number of aryl methyl sites for hydroxylation is 2. The lowest BCUT2D eigenvalue weighted by Gasteiger charge is -2.04. The Morgan fingerprint density at radius 1 is 1.43 bits per heavy atom. The smallest absolute Gasteiger partial charge is 0.193 e. The van der Waals surface area contributed by atoms with Gasteiger partial charge in [-0.2, -0.15) is 0 Å². The van der Waals surface area contributed by atoms with Crippen molar-refractivity contribution >= 4 is 18.3 Å². The number of rotatable bonds is 2. The fourth-order valence-electron chi connectivity index (χ4n) is 1.49. The Morgan fingerprint density at radius 2 is 2.21 bits per heavy atom. The number of hydrogen-bond acceptors (Lipinski definition) is 4. The summed E-state index contributed by atoms with van der Waals surface area (Å²) in [5, 5.41) is 8.54. The van der Waals surface area contributed by atoms with E-state index < -0.39 is 0 Å². The zero-order valence-corrected chi connectivity index (χ0v) is 9.12. The van der Waals surface area contributed by atoms with Crippen LogP contribution in [0.4, 0.5) is 0 Å². The van der Waals surface area contributed by atoms with E-state index in [2.05, 4.69) is 34.7 Å². The molecule has 0 aliphatic carbocycles. The molecule has 0 aliphatic heterocycles. The van der Waals surface area contributed by atoms with E-state index in [0.29, 0.717) is 5.16 Å². The molecule has 2 aromatic rings. The highest BCUT2D eigenvalue weighted by molar-refractivity contribution is 7.80. The first-order valence-electron chi connectivity index (χ1n) is 4.63. The van der Waals surface area contributed by atoms with Crippen molar-refractivity contribution in [3.63, 3.8) is 0 Å². The molecule has 0 saturated heterocycles. The van der Waals surface area contributed by atoms with Gasteiger partial charge in [0.05, 0.1) is 0 Å². The first-order chi connectivity index (χ1) is 6.72. The fraction of sp³-hybridized carbons (Fsp3) is 0.444. The summed E-state index contributed by atoms with van der Waals surface area (Å²) in [6.07, 6.45) is 1.97. The van der Waals surface area contributed by atoms with E-state index in [1.165, 1.54) is 0 Å². The third-order valence-electron chi connectivity index (χ3n) is 2.05. The van der Waals surface area contributed by atoms with Crippen molar-refractivity contribution in [1.82, 2.24) is 19.6 Å². The molecule has 2 rings (SSSR count). The minimum Gasteiger partial charge on any atom is -0.258 e. The third kappa shape index (κ3) is 1.48. The van der Waals surface area contributed by atoms with Crippen LogP contribution in [0, 0.1) is 6.92 Å². The molecule has 0 amide bonds.